The lowest BCUT2D eigenvalue weighted by Crippen LogP contribution is -2.28. The summed E-state index contributed by atoms with van der Waals surface area (Å²) in [6.07, 6.45) is 1.15. The molecule has 1 atom stereocenters. The third-order valence-corrected chi connectivity index (χ3v) is 4.93. The van der Waals surface area contributed by atoms with E-state index in [0.717, 1.165) is 12.1 Å². The molecule has 1 fully saturated rings. The normalized spacial score (nSPS) is 17.1. The molecule has 1 aromatic carbocycles. The molecule has 7 nitrogen and oxygen atoms in total. The molecule has 0 aliphatic carbocycles. The smallest absolute Gasteiger partial charge is 0.231 e. The zero-order valence-corrected chi connectivity index (χ0v) is 15.0. The van der Waals surface area contributed by atoms with Crippen molar-refractivity contribution in [1.82, 2.24) is 10.2 Å². The number of benzene rings is 1. The highest BCUT2D eigenvalue weighted by Crippen LogP contribution is 2.27. The summed E-state index contributed by atoms with van der Waals surface area (Å²) >= 11 is 1.27. The zero-order valence-electron chi connectivity index (χ0n) is 14.2. The minimum atomic E-state index is -0.395. The molecule has 1 aliphatic rings. The molecule has 2 aromatic rings. The molecule has 0 saturated carbocycles. The number of nitrogens with one attached hydrogen (secondary N) is 1. The van der Waals surface area contributed by atoms with Crippen molar-refractivity contribution in [2.75, 3.05) is 23.9 Å². The molecule has 1 aliphatic heterocycles. The molecule has 25 heavy (non-hydrogen) atoms. The van der Waals surface area contributed by atoms with Crippen LogP contribution in [0, 0.1) is 5.92 Å². The first-order valence-electron chi connectivity index (χ1n) is 8.12. The van der Waals surface area contributed by atoms with Gasteiger partial charge >= 0.3 is 0 Å². The molecule has 0 spiro atoms. The van der Waals surface area contributed by atoms with Gasteiger partial charge in [-0.15, -0.1) is 10.2 Å². The van der Waals surface area contributed by atoms with Gasteiger partial charge in [0.25, 0.3) is 0 Å². The number of amides is 2. The molecular formula is C17H20N4O3S. The maximum absolute atomic E-state index is 12.4. The van der Waals surface area contributed by atoms with Crippen LogP contribution in [0.1, 0.15) is 23.9 Å². The highest BCUT2D eigenvalue weighted by Gasteiger charge is 2.35. The lowest BCUT2D eigenvalue weighted by molar-refractivity contribution is -0.122. The number of methoxy groups -OCH3 is 1. The number of nitrogens with zero attached hydrogens (tertiary/aromatic N) is 3. The molecule has 3 rings (SSSR count). The summed E-state index contributed by atoms with van der Waals surface area (Å²) in [4.78, 5) is 26.4. The molecular weight excluding hydrogens is 340 g/mol. The molecule has 0 bridgehead atoms. The molecule has 1 N–H and O–H groups in total. The Kier molecular flexibility index (Phi) is 5.40. The fourth-order valence-corrected chi connectivity index (χ4v) is 3.45. The van der Waals surface area contributed by atoms with Crippen molar-refractivity contribution >= 4 is 34.0 Å². The first kappa shape index (κ1) is 17.5. The number of rotatable bonds is 6. The van der Waals surface area contributed by atoms with Crippen LogP contribution in [0.4, 0.5) is 10.8 Å². The van der Waals surface area contributed by atoms with Crippen molar-refractivity contribution in [1.29, 1.82) is 0 Å². The second kappa shape index (κ2) is 7.71. The van der Waals surface area contributed by atoms with E-state index < -0.39 is 5.92 Å². The SMILES string of the molecule is CCc1ccc(N2C[C@@H](C(=O)Nc3nnc(COC)s3)CC2=O)cc1. The van der Waals surface area contributed by atoms with Crippen LogP contribution < -0.4 is 10.2 Å². The van der Waals surface area contributed by atoms with Crippen LogP contribution in [0.15, 0.2) is 24.3 Å². The van der Waals surface area contributed by atoms with Crippen LogP contribution in [-0.4, -0.2) is 35.7 Å². The predicted octanol–water partition coefficient (Wildman–Crippen LogP) is 2.24. The Bertz CT molecular complexity index is 760. The van der Waals surface area contributed by atoms with E-state index in [9.17, 15) is 9.59 Å². The van der Waals surface area contributed by atoms with Crippen LogP contribution in [0.5, 0.6) is 0 Å². The molecule has 2 heterocycles. The summed E-state index contributed by atoms with van der Waals surface area (Å²) in [5.41, 5.74) is 2.05. The summed E-state index contributed by atoms with van der Waals surface area (Å²) in [5, 5.41) is 11.7. The highest BCUT2D eigenvalue weighted by molar-refractivity contribution is 7.15. The Morgan fingerprint density at radius 1 is 1.36 bits per heavy atom. The lowest BCUT2D eigenvalue weighted by Gasteiger charge is -2.16. The van der Waals surface area contributed by atoms with Crippen molar-refractivity contribution < 1.29 is 14.3 Å². The average Bonchev–Trinajstić information content (AvgIpc) is 3.22. The van der Waals surface area contributed by atoms with E-state index in [2.05, 4.69) is 22.4 Å². The van der Waals surface area contributed by atoms with Crippen LogP contribution in [-0.2, 0) is 27.4 Å². The monoisotopic (exact) mass is 360 g/mol. The number of aryl methyl sites for hydroxylation is 1. The molecule has 132 valence electrons. The van der Waals surface area contributed by atoms with Crippen molar-refractivity contribution in [3.63, 3.8) is 0 Å². The molecule has 0 unspecified atom stereocenters. The molecule has 1 aromatic heterocycles. The highest BCUT2D eigenvalue weighted by atomic mass is 32.1. The maximum Gasteiger partial charge on any atom is 0.231 e. The van der Waals surface area contributed by atoms with Crippen LogP contribution >= 0.6 is 11.3 Å². The first-order chi connectivity index (χ1) is 12.1. The second-order valence-electron chi connectivity index (χ2n) is 5.85. The van der Waals surface area contributed by atoms with Gasteiger partial charge in [0.15, 0.2) is 0 Å². The van der Waals surface area contributed by atoms with Crippen LogP contribution in [0.3, 0.4) is 0 Å². The van der Waals surface area contributed by atoms with Gasteiger partial charge in [0.2, 0.25) is 16.9 Å². The predicted molar refractivity (Wildman–Crippen MR) is 95.5 cm³/mol. The summed E-state index contributed by atoms with van der Waals surface area (Å²) in [6, 6.07) is 7.88. The molecule has 8 heteroatoms. The Labute approximate surface area is 150 Å². The lowest BCUT2D eigenvalue weighted by atomic mass is 10.1. The van der Waals surface area contributed by atoms with Crippen molar-refractivity contribution in [3.05, 3.63) is 34.8 Å². The second-order valence-corrected chi connectivity index (χ2v) is 6.91. The number of carbonyl (C=O) groups excluding carboxylic acids is 2. The van der Waals surface area contributed by atoms with Gasteiger partial charge in [-0.1, -0.05) is 30.4 Å². The molecule has 2 amide bonds. The Hall–Kier alpha value is -2.32. The third-order valence-electron chi connectivity index (χ3n) is 4.12. The van der Waals surface area contributed by atoms with E-state index in [-0.39, 0.29) is 18.2 Å². The van der Waals surface area contributed by atoms with Crippen molar-refractivity contribution in [2.45, 2.75) is 26.4 Å². The Balaban J connectivity index is 1.63. The largest absolute Gasteiger partial charge is 0.377 e. The van der Waals surface area contributed by atoms with Gasteiger partial charge in [0, 0.05) is 25.8 Å². The average molecular weight is 360 g/mol. The minimum absolute atomic E-state index is 0.0401. The Morgan fingerprint density at radius 2 is 2.12 bits per heavy atom. The van der Waals surface area contributed by atoms with Crippen molar-refractivity contribution in [2.24, 2.45) is 5.92 Å². The first-order valence-corrected chi connectivity index (χ1v) is 8.93. The fourth-order valence-electron chi connectivity index (χ4n) is 2.74. The van der Waals surface area contributed by atoms with Gasteiger partial charge in [-0.25, -0.2) is 0 Å². The van der Waals surface area contributed by atoms with Gasteiger partial charge in [0.1, 0.15) is 11.6 Å². The fraction of sp³-hybridized carbons (Fsp3) is 0.412. The quantitative estimate of drug-likeness (QED) is 0.854. The summed E-state index contributed by atoms with van der Waals surface area (Å²) < 4.78 is 4.98. The number of carbonyl (C=O) groups is 2. The number of anilines is 2. The van der Waals surface area contributed by atoms with E-state index in [1.165, 1.54) is 16.9 Å². The van der Waals surface area contributed by atoms with E-state index >= 15 is 0 Å². The van der Waals surface area contributed by atoms with E-state index in [4.69, 9.17) is 4.74 Å². The van der Waals surface area contributed by atoms with Gasteiger partial charge in [-0.2, -0.15) is 0 Å². The van der Waals surface area contributed by atoms with Crippen LogP contribution in [0.25, 0.3) is 0 Å². The van der Waals surface area contributed by atoms with Gasteiger partial charge in [-0.05, 0) is 24.1 Å². The minimum Gasteiger partial charge on any atom is -0.377 e. The number of hydrogen-bond acceptors (Lipinski definition) is 6. The Morgan fingerprint density at radius 3 is 2.80 bits per heavy atom. The van der Waals surface area contributed by atoms with Gasteiger partial charge < -0.3 is 15.0 Å². The summed E-state index contributed by atoms with van der Waals surface area (Å²) in [7, 11) is 1.57. The van der Waals surface area contributed by atoms with E-state index in [1.807, 2.05) is 24.3 Å². The molecule has 1 saturated heterocycles. The van der Waals surface area contributed by atoms with E-state index in [1.54, 1.807) is 12.0 Å². The number of hydrogen-bond donors (Lipinski definition) is 1. The van der Waals surface area contributed by atoms with Gasteiger partial charge in [-0.3, -0.25) is 9.59 Å². The zero-order chi connectivity index (χ0) is 17.8. The summed E-state index contributed by atoms with van der Waals surface area (Å²) in [5.74, 6) is -0.643. The maximum atomic E-state index is 12.4. The van der Waals surface area contributed by atoms with Crippen LogP contribution in [0.2, 0.25) is 0 Å². The van der Waals surface area contributed by atoms with E-state index in [0.29, 0.717) is 23.3 Å². The van der Waals surface area contributed by atoms with Gasteiger partial charge in [0.05, 0.1) is 5.92 Å². The van der Waals surface area contributed by atoms with Crippen molar-refractivity contribution in [3.8, 4) is 0 Å². The number of ether oxygens (including phenoxy) is 1. The summed E-state index contributed by atoms with van der Waals surface area (Å²) in [6.45, 7) is 2.82. The third kappa shape index (κ3) is 4.02. The number of aromatic nitrogens is 2. The topological polar surface area (TPSA) is 84.4 Å². The standard InChI is InChI=1S/C17H20N4O3S/c1-3-11-4-6-13(7-5-11)21-9-12(8-15(21)22)16(23)18-17-20-19-14(25-17)10-24-2/h4-7,12H,3,8-10H2,1-2H3,(H,18,20,23)/t12-/m0/s1. The molecule has 0 radical (unpaired) electrons.